The van der Waals surface area contributed by atoms with E-state index in [1.165, 1.54) is 5.56 Å². The van der Waals surface area contributed by atoms with Crippen LogP contribution in [0.15, 0.2) is 55.0 Å². The molecule has 1 fully saturated rings. The molecule has 0 unspecified atom stereocenters. The summed E-state index contributed by atoms with van der Waals surface area (Å²) in [7, 11) is 0. The number of nitrogens with one attached hydrogen (secondary N) is 2. The number of hydrogen-bond donors (Lipinski definition) is 4. The normalized spacial score (nSPS) is 14.5. The van der Waals surface area contributed by atoms with Gasteiger partial charge in [0.25, 0.3) is 0 Å². The highest BCUT2D eigenvalue weighted by Gasteiger charge is 2.18. The van der Waals surface area contributed by atoms with Crippen LogP contribution in [-0.2, 0) is 11.3 Å². The van der Waals surface area contributed by atoms with Crippen LogP contribution in [0.4, 0.5) is 17.5 Å². The molecule has 35 heavy (non-hydrogen) atoms. The maximum absolute atomic E-state index is 10.9. The SMILES string of the molecule is NCCCNc1ncc(-c2ccnc(Nc3cccc(CN4CCN(CC(=O)O)CC4)c3)c2)cn1. The number of nitrogens with two attached hydrogens (primary N) is 1. The van der Waals surface area contributed by atoms with Crippen LogP contribution in [0.5, 0.6) is 0 Å². The van der Waals surface area contributed by atoms with Gasteiger partial charge in [-0.05, 0) is 48.4 Å². The summed E-state index contributed by atoms with van der Waals surface area (Å²) in [4.78, 5) is 28.5. The van der Waals surface area contributed by atoms with Crippen LogP contribution in [0.1, 0.15) is 12.0 Å². The highest BCUT2D eigenvalue weighted by Crippen LogP contribution is 2.23. The predicted molar refractivity (Wildman–Crippen MR) is 137 cm³/mol. The second kappa shape index (κ2) is 12.2. The Labute approximate surface area is 205 Å². The summed E-state index contributed by atoms with van der Waals surface area (Å²) in [5, 5.41) is 15.5. The van der Waals surface area contributed by atoms with E-state index in [4.69, 9.17) is 10.8 Å². The number of benzene rings is 1. The summed E-state index contributed by atoms with van der Waals surface area (Å²) in [5.74, 6) is 0.566. The van der Waals surface area contributed by atoms with E-state index >= 15 is 0 Å². The molecule has 0 amide bonds. The third-order valence-electron chi connectivity index (χ3n) is 5.84. The topological polar surface area (TPSA) is 133 Å². The average molecular weight is 477 g/mol. The first-order valence-electron chi connectivity index (χ1n) is 11.8. The molecule has 1 aliphatic heterocycles. The van der Waals surface area contributed by atoms with Crippen molar-refractivity contribution in [2.45, 2.75) is 13.0 Å². The molecule has 5 N–H and O–H groups in total. The van der Waals surface area contributed by atoms with Crippen molar-refractivity contribution in [3.05, 3.63) is 60.6 Å². The van der Waals surface area contributed by atoms with E-state index in [1.54, 1.807) is 18.6 Å². The van der Waals surface area contributed by atoms with E-state index in [2.05, 4.69) is 42.6 Å². The Bertz CT molecular complexity index is 1100. The molecule has 0 bridgehead atoms. The molecule has 3 heterocycles. The van der Waals surface area contributed by atoms with E-state index in [9.17, 15) is 4.79 Å². The quantitative estimate of drug-likeness (QED) is 0.305. The maximum Gasteiger partial charge on any atom is 0.317 e. The second-order valence-electron chi connectivity index (χ2n) is 8.57. The third-order valence-corrected chi connectivity index (χ3v) is 5.84. The van der Waals surface area contributed by atoms with Gasteiger partial charge in [-0.1, -0.05) is 12.1 Å². The first-order valence-corrected chi connectivity index (χ1v) is 11.8. The van der Waals surface area contributed by atoms with Gasteiger partial charge in [-0.15, -0.1) is 0 Å². The second-order valence-corrected chi connectivity index (χ2v) is 8.57. The minimum atomic E-state index is -0.769. The molecule has 0 spiro atoms. The summed E-state index contributed by atoms with van der Waals surface area (Å²) in [6.45, 7) is 5.58. The van der Waals surface area contributed by atoms with Crippen LogP contribution in [0, 0.1) is 0 Å². The van der Waals surface area contributed by atoms with Crippen LogP contribution in [0.3, 0.4) is 0 Å². The van der Waals surface area contributed by atoms with Crippen LogP contribution in [0.25, 0.3) is 11.1 Å². The number of nitrogens with zero attached hydrogens (tertiary/aromatic N) is 5. The van der Waals surface area contributed by atoms with Gasteiger partial charge in [0.05, 0.1) is 6.54 Å². The van der Waals surface area contributed by atoms with E-state index in [0.29, 0.717) is 12.5 Å². The summed E-state index contributed by atoms with van der Waals surface area (Å²) in [5.41, 5.74) is 9.57. The van der Waals surface area contributed by atoms with Gasteiger partial charge >= 0.3 is 5.97 Å². The zero-order chi connectivity index (χ0) is 24.5. The number of carboxylic acids is 1. The Balaban J connectivity index is 1.35. The lowest BCUT2D eigenvalue weighted by atomic mass is 10.1. The van der Waals surface area contributed by atoms with Crippen LogP contribution in [-0.4, -0.2) is 81.6 Å². The van der Waals surface area contributed by atoms with E-state index < -0.39 is 5.97 Å². The molecule has 0 aliphatic carbocycles. The molecular formula is C25H32N8O2. The number of anilines is 3. The minimum Gasteiger partial charge on any atom is -0.480 e. The van der Waals surface area contributed by atoms with Crippen molar-refractivity contribution in [1.82, 2.24) is 24.8 Å². The predicted octanol–water partition coefficient (Wildman–Crippen LogP) is 2.25. The number of rotatable bonds is 11. The van der Waals surface area contributed by atoms with Crippen molar-refractivity contribution < 1.29 is 9.90 Å². The molecule has 3 aromatic rings. The Kier molecular flexibility index (Phi) is 8.55. The smallest absolute Gasteiger partial charge is 0.317 e. The molecule has 1 saturated heterocycles. The molecule has 2 aromatic heterocycles. The van der Waals surface area contributed by atoms with Crippen molar-refractivity contribution in [3.63, 3.8) is 0 Å². The Morgan fingerprint density at radius 3 is 2.51 bits per heavy atom. The van der Waals surface area contributed by atoms with E-state index in [-0.39, 0.29) is 6.54 Å². The highest BCUT2D eigenvalue weighted by atomic mass is 16.4. The molecule has 0 radical (unpaired) electrons. The van der Waals surface area contributed by atoms with Gasteiger partial charge in [-0.25, -0.2) is 15.0 Å². The maximum atomic E-state index is 10.9. The standard InChI is InChI=1S/C25H32N8O2/c26-6-2-7-28-25-29-15-21(16-30-25)20-5-8-27-23(14-20)31-22-4-1-3-19(13-22)17-32-9-11-33(12-10-32)18-24(34)35/h1,3-5,8,13-16H,2,6-7,9-12,17-18,26H2,(H,27,31)(H,34,35)(H,28,29,30). The average Bonchev–Trinajstić information content (AvgIpc) is 2.86. The molecule has 4 rings (SSSR count). The Morgan fingerprint density at radius 1 is 1.00 bits per heavy atom. The number of carboxylic acid groups (broad SMARTS) is 1. The number of carbonyl (C=O) groups is 1. The van der Waals surface area contributed by atoms with Crippen molar-refractivity contribution in [1.29, 1.82) is 0 Å². The van der Waals surface area contributed by atoms with Gasteiger partial charge in [-0.3, -0.25) is 14.6 Å². The molecule has 0 saturated carbocycles. The number of aliphatic carboxylic acids is 1. The largest absolute Gasteiger partial charge is 0.480 e. The minimum absolute atomic E-state index is 0.112. The van der Waals surface area contributed by atoms with Crippen molar-refractivity contribution in [3.8, 4) is 11.1 Å². The lowest BCUT2D eigenvalue weighted by Gasteiger charge is -2.33. The molecule has 0 atom stereocenters. The summed E-state index contributed by atoms with van der Waals surface area (Å²) < 4.78 is 0. The van der Waals surface area contributed by atoms with Crippen LogP contribution >= 0.6 is 0 Å². The fourth-order valence-electron chi connectivity index (χ4n) is 4.00. The first-order chi connectivity index (χ1) is 17.1. The zero-order valence-corrected chi connectivity index (χ0v) is 19.7. The van der Waals surface area contributed by atoms with Crippen LogP contribution < -0.4 is 16.4 Å². The van der Waals surface area contributed by atoms with Gasteiger partial charge in [0.2, 0.25) is 5.95 Å². The zero-order valence-electron chi connectivity index (χ0n) is 19.7. The lowest BCUT2D eigenvalue weighted by Crippen LogP contribution is -2.47. The van der Waals surface area contributed by atoms with Gasteiger partial charge in [0.1, 0.15) is 5.82 Å². The molecule has 10 nitrogen and oxygen atoms in total. The fourth-order valence-corrected chi connectivity index (χ4v) is 4.00. The van der Waals surface area contributed by atoms with E-state index in [1.807, 2.05) is 29.2 Å². The summed E-state index contributed by atoms with van der Waals surface area (Å²) in [6.07, 6.45) is 6.24. The van der Waals surface area contributed by atoms with E-state index in [0.717, 1.165) is 68.3 Å². The lowest BCUT2D eigenvalue weighted by molar-refractivity contribution is -0.138. The van der Waals surface area contributed by atoms with Gasteiger partial charge in [0.15, 0.2) is 0 Å². The summed E-state index contributed by atoms with van der Waals surface area (Å²) in [6, 6.07) is 12.2. The third kappa shape index (κ3) is 7.44. The first kappa shape index (κ1) is 24.5. The van der Waals surface area contributed by atoms with Gasteiger partial charge < -0.3 is 21.5 Å². The Morgan fingerprint density at radius 2 is 1.77 bits per heavy atom. The number of pyridine rings is 1. The molecule has 1 aromatic carbocycles. The van der Waals surface area contributed by atoms with Crippen molar-refractivity contribution in [2.24, 2.45) is 5.73 Å². The molecule has 10 heteroatoms. The van der Waals surface area contributed by atoms with Gasteiger partial charge in [-0.2, -0.15) is 0 Å². The number of piperazine rings is 1. The van der Waals surface area contributed by atoms with Crippen molar-refractivity contribution in [2.75, 3.05) is 56.4 Å². The molecule has 184 valence electrons. The number of hydrogen-bond acceptors (Lipinski definition) is 9. The molecular weight excluding hydrogens is 444 g/mol. The molecule has 1 aliphatic rings. The highest BCUT2D eigenvalue weighted by molar-refractivity contribution is 5.69. The van der Waals surface area contributed by atoms with Crippen molar-refractivity contribution >= 4 is 23.4 Å². The fraction of sp³-hybridized carbons (Fsp3) is 0.360. The van der Waals surface area contributed by atoms with Gasteiger partial charge in [0, 0.05) is 69.1 Å². The van der Waals surface area contributed by atoms with Crippen LogP contribution in [0.2, 0.25) is 0 Å². The Hall–Kier alpha value is -3.60. The summed E-state index contributed by atoms with van der Waals surface area (Å²) >= 11 is 0. The monoisotopic (exact) mass is 476 g/mol. The number of aromatic nitrogens is 3.